The minimum Gasteiger partial charge on any atom is -0.479 e. The highest BCUT2D eigenvalue weighted by Gasteiger charge is 2.38. The van der Waals surface area contributed by atoms with Crippen molar-refractivity contribution < 1.29 is 35.5 Å². The van der Waals surface area contributed by atoms with Gasteiger partial charge in [0.05, 0.1) is 17.3 Å². The number of hydrogen-bond acceptors (Lipinski definition) is 4. The Morgan fingerprint density at radius 3 is 2.46 bits per heavy atom. The Morgan fingerprint density at radius 1 is 1.08 bits per heavy atom. The van der Waals surface area contributed by atoms with Crippen molar-refractivity contribution in [2.75, 3.05) is 0 Å². The third-order valence-electron chi connectivity index (χ3n) is 3.49. The van der Waals surface area contributed by atoms with Crippen LogP contribution < -0.4 is 4.74 Å². The number of oxazole rings is 1. The van der Waals surface area contributed by atoms with E-state index in [2.05, 4.69) is 9.97 Å². The van der Waals surface area contributed by atoms with E-state index in [1.165, 1.54) is 12.3 Å². The Balaban J connectivity index is 2.02. The van der Waals surface area contributed by atoms with Crippen LogP contribution in [0.5, 0.6) is 5.75 Å². The molecule has 0 radical (unpaired) electrons. The Morgan fingerprint density at radius 2 is 1.81 bits per heavy atom. The maximum atomic E-state index is 12.8. The number of pyridine rings is 1. The van der Waals surface area contributed by atoms with E-state index >= 15 is 0 Å². The zero-order valence-electron chi connectivity index (χ0n) is 13.0. The van der Waals surface area contributed by atoms with Gasteiger partial charge in [-0.2, -0.15) is 26.3 Å². The van der Waals surface area contributed by atoms with E-state index in [-0.39, 0.29) is 28.3 Å². The fraction of sp³-hybridized carbons (Fsp3) is 0.250. The smallest absolute Gasteiger partial charge is 0.425 e. The molecule has 0 N–H and O–H groups in total. The molecule has 1 aromatic carbocycles. The second-order valence-corrected chi connectivity index (χ2v) is 5.37. The number of ether oxygens (including phenoxy) is 1. The van der Waals surface area contributed by atoms with Gasteiger partial charge in [-0.25, -0.2) is 4.98 Å². The summed E-state index contributed by atoms with van der Waals surface area (Å²) in [4.78, 5) is 7.63. The van der Waals surface area contributed by atoms with Gasteiger partial charge in [-0.3, -0.25) is 4.98 Å². The van der Waals surface area contributed by atoms with Gasteiger partial charge < -0.3 is 9.15 Å². The summed E-state index contributed by atoms with van der Waals surface area (Å²) in [7, 11) is 0. The predicted octanol–water partition coefficient (Wildman–Crippen LogP) is 5.24. The van der Waals surface area contributed by atoms with Crippen LogP contribution in [0.2, 0.25) is 0 Å². The highest BCUT2D eigenvalue weighted by atomic mass is 19.4. The molecule has 1 atom stereocenters. The van der Waals surface area contributed by atoms with Crippen LogP contribution in [0.15, 0.2) is 41.1 Å². The molecule has 2 heterocycles. The molecule has 4 nitrogen and oxygen atoms in total. The van der Waals surface area contributed by atoms with Gasteiger partial charge in [-0.15, -0.1) is 0 Å². The molecule has 0 spiro atoms. The number of rotatable bonds is 3. The first-order valence-corrected chi connectivity index (χ1v) is 7.21. The topological polar surface area (TPSA) is 48.2 Å². The zero-order chi connectivity index (χ0) is 19.1. The molecule has 0 fully saturated rings. The standard InChI is InChI=1S/C16H10F6N2O2/c1-8(15(17,18)19)25-13-7-23-5-4-10(13)14-24-11-6-9(16(20,21)22)2-3-12(11)26-14/h2-8H,1H3. The molecule has 0 aliphatic carbocycles. The first-order chi connectivity index (χ1) is 12.1. The lowest BCUT2D eigenvalue weighted by molar-refractivity contribution is -0.189. The average molecular weight is 376 g/mol. The summed E-state index contributed by atoms with van der Waals surface area (Å²) in [5.74, 6) is -0.425. The normalized spacial score (nSPS) is 13.8. The van der Waals surface area contributed by atoms with Crippen molar-refractivity contribution in [3.8, 4) is 17.2 Å². The van der Waals surface area contributed by atoms with E-state index in [1.54, 1.807) is 0 Å². The van der Waals surface area contributed by atoms with Crippen LogP contribution in [0.3, 0.4) is 0 Å². The molecule has 26 heavy (non-hydrogen) atoms. The number of hydrogen-bond donors (Lipinski definition) is 0. The van der Waals surface area contributed by atoms with Crippen LogP contribution >= 0.6 is 0 Å². The minimum atomic E-state index is -4.60. The molecular weight excluding hydrogens is 366 g/mol. The zero-order valence-corrected chi connectivity index (χ0v) is 13.0. The SMILES string of the molecule is CC(Oc1cnccc1-c1nc2cc(C(F)(F)F)ccc2o1)C(F)(F)F. The molecule has 0 saturated carbocycles. The summed E-state index contributed by atoms with van der Waals surface area (Å²) in [5, 5.41) is 0. The van der Waals surface area contributed by atoms with Crippen molar-refractivity contribution >= 4 is 11.1 Å². The van der Waals surface area contributed by atoms with Gasteiger partial charge in [0.1, 0.15) is 5.52 Å². The number of fused-ring (bicyclic) bond motifs is 1. The van der Waals surface area contributed by atoms with Crippen LogP contribution in [-0.4, -0.2) is 22.2 Å². The summed E-state index contributed by atoms with van der Waals surface area (Å²) in [6.45, 7) is 0.818. The van der Waals surface area contributed by atoms with E-state index in [0.717, 1.165) is 31.3 Å². The van der Waals surface area contributed by atoms with Gasteiger partial charge in [0.25, 0.3) is 0 Å². The van der Waals surface area contributed by atoms with Crippen LogP contribution in [0.25, 0.3) is 22.6 Å². The number of alkyl halides is 6. The lowest BCUT2D eigenvalue weighted by Gasteiger charge is -2.18. The molecule has 3 rings (SSSR count). The van der Waals surface area contributed by atoms with Crippen molar-refractivity contribution in [3.05, 3.63) is 42.2 Å². The summed E-state index contributed by atoms with van der Waals surface area (Å²) in [5.41, 5.74) is -0.899. The quantitative estimate of drug-likeness (QED) is 0.587. The first kappa shape index (κ1) is 18.0. The van der Waals surface area contributed by atoms with E-state index in [4.69, 9.17) is 9.15 Å². The molecule has 1 unspecified atom stereocenters. The van der Waals surface area contributed by atoms with Gasteiger partial charge >= 0.3 is 12.4 Å². The Kier molecular flexibility index (Phi) is 4.29. The van der Waals surface area contributed by atoms with Gasteiger partial charge in [-0.05, 0) is 31.2 Å². The van der Waals surface area contributed by atoms with Gasteiger partial charge in [0, 0.05) is 6.20 Å². The number of benzene rings is 1. The van der Waals surface area contributed by atoms with Gasteiger partial charge in [-0.1, -0.05) is 0 Å². The largest absolute Gasteiger partial charge is 0.479 e. The number of aromatic nitrogens is 2. The van der Waals surface area contributed by atoms with Crippen molar-refractivity contribution in [1.29, 1.82) is 0 Å². The third kappa shape index (κ3) is 3.58. The second kappa shape index (κ2) is 6.19. The summed E-state index contributed by atoms with van der Waals surface area (Å²) < 4.78 is 86.7. The Labute approximate surface area is 142 Å². The van der Waals surface area contributed by atoms with Crippen molar-refractivity contribution in [3.63, 3.8) is 0 Å². The number of nitrogens with zero attached hydrogens (tertiary/aromatic N) is 2. The van der Waals surface area contributed by atoms with E-state index < -0.39 is 24.0 Å². The van der Waals surface area contributed by atoms with E-state index in [0.29, 0.717) is 0 Å². The Hall–Kier alpha value is -2.78. The highest BCUT2D eigenvalue weighted by Crippen LogP contribution is 2.36. The lowest BCUT2D eigenvalue weighted by Crippen LogP contribution is -2.31. The highest BCUT2D eigenvalue weighted by molar-refractivity contribution is 5.78. The maximum absolute atomic E-state index is 12.8. The predicted molar refractivity (Wildman–Crippen MR) is 78.4 cm³/mol. The van der Waals surface area contributed by atoms with Crippen LogP contribution in [0, 0.1) is 0 Å². The van der Waals surface area contributed by atoms with Crippen LogP contribution in [0.4, 0.5) is 26.3 Å². The third-order valence-corrected chi connectivity index (χ3v) is 3.49. The number of halogens is 6. The van der Waals surface area contributed by atoms with Crippen molar-refractivity contribution in [2.24, 2.45) is 0 Å². The molecule has 10 heteroatoms. The van der Waals surface area contributed by atoms with Gasteiger partial charge in [0.2, 0.25) is 5.89 Å². The first-order valence-electron chi connectivity index (χ1n) is 7.21. The maximum Gasteiger partial charge on any atom is 0.425 e. The molecule has 0 aliphatic rings. The minimum absolute atomic E-state index is 0.0425. The molecular formula is C16H10F6N2O2. The molecule has 3 aromatic rings. The fourth-order valence-electron chi connectivity index (χ4n) is 2.13. The summed E-state index contributed by atoms with van der Waals surface area (Å²) in [6, 6.07) is 4.01. The molecule has 138 valence electrons. The summed E-state index contributed by atoms with van der Waals surface area (Å²) in [6.07, 6.45) is -8.95. The lowest BCUT2D eigenvalue weighted by atomic mass is 10.2. The van der Waals surface area contributed by atoms with Crippen molar-refractivity contribution in [1.82, 2.24) is 9.97 Å². The molecule has 2 aromatic heterocycles. The summed E-state index contributed by atoms with van der Waals surface area (Å²) >= 11 is 0. The van der Waals surface area contributed by atoms with Crippen LogP contribution in [-0.2, 0) is 6.18 Å². The van der Waals surface area contributed by atoms with Gasteiger partial charge in [0.15, 0.2) is 17.4 Å². The van der Waals surface area contributed by atoms with Crippen LogP contribution in [0.1, 0.15) is 12.5 Å². The Bertz CT molecular complexity index is 932. The van der Waals surface area contributed by atoms with E-state index in [9.17, 15) is 26.3 Å². The monoisotopic (exact) mass is 376 g/mol. The second-order valence-electron chi connectivity index (χ2n) is 5.37. The molecule has 0 aliphatic heterocycles. The van der Waals surface area contributed by atoms with E-state index in [1.807, 2.05) is 0 Å². The molecule has 0 saturated heterocycles. The molecule has 0 amide bonds. The fourth-order valence-corrected chi connectivity index (χ4v) is 2.13. The molecule has 0 bridgehead atoms. The van der Waals surface area contributed by atoms with Crippen molar-refractivity contribution in [2.45, 2.75) is 25.4 Å². The average Bonchev–Trinajstić information content (AvgIpc) is 2.96.